The van der Waals surface area contributed by atoms with Crippen LogP contribution in [0.3, 0.4) is 0 Å². The zero-order valence-electron chi connectivity index (χ0n) is 38.8. The molecule has 30 atom stereocenters. The van der Waals surface area contributed by atoms with Gasteiger partial charge in [0.2, 0.25) is 0 Å². The molecule has 0 aromatic carbocycles. The van der Waals surface area contributed by atoms with Gasteiger partial charge < -0.3 is 154 Å². The minimum Gasteiger partial charge on any atom is -0.394 e. The Morgan fingerprint density at radius 2 is 0.611 bits per heavy atom. The van der Waals surface area contributed by atoms with Gasteiger partial charge in [-0.2, -0.15) is 0 Å². The van der Waals surface area contributed by atoms with E-state index in [1.807, 2.05) is 6.92 Å². The third-order valence-corrected chi connectivity index (χ3v) is 13.4. The first-order valence-corrected chi connectivity index (χ1v) is 23.6. The molecule has 0 aromatic rings. The van der Waals surface area contributed by atoms with Crippen molar-refractivity contribution in [1.29, 1.82) is 0 Å². The second kappa shape index (κ2) is 26.9. The third kappa shape index (κ3) is 13.2. The van der Waals surface area contributed by atoms with Crippen LogP contribution in [-0.2, 0) is 56.8 Å². The highest BCUT2D eigenvalue weighted by Crippen LogP contribution is 2.36. The van der Waals surface area contributed by atoms with Gasteiger partial charge in [0.15, 0.2) is 37.7 Å². The largest absolute Gasteiger partial charge is 0.394 e. The van der Waals surface area contributed by atoms with Gasteiger partial charge in [0.25, 0.3) is 0 Å². The maximum atomic E-state index is 11.8. The van der Waals surface area contributed by atoms with Crippen molar-refractivity contribution >= 4 is 0 Å². The van der Waals surface area contributed by atoms with Gasteiger partial charge in [0, 0.05) is 6.61 Å². The van der Waals surface area contributed by atoms with E-state index in [-0.39, 0.29) is 6.61 Å². The van der Waals surface area contributed by atoms with Gasteiger partial charge in [0.05, 0.1) is 39.6 Å². The highest BCUT2D eigenvalue weighted by molar-refractivity contribution is 4.99. The molecule has 6 heterocycles. The first kappa shape index (κ1) is 60.0. The first-order valence-electron chi connectivity index (χ1n) is 23.6. The lowest BCUT2D eigenvalue weighted by Crippen LogP contribution is -2.67. The van der Waals surface area contributed by atoms with Crippen LogP contribution in [0.25, 0.3) is 0 Å². The Labute approximate surface area is 410 Å². The average molecular weight is 1060 g/mol. The molecule has 0 spiro atoms. The van der Waals surface area contributed by atoms with Crippen molar-refractivity contribution in [1.82, 2.24) is 0 Å². The topological polar surface area (TPSA) is 495 Å². The number of hydrogen-bond acceptors (Lipinski definition) is 31. The van der Waals surface area contributed by atoms with E-state index in [4.69, 9.17) is 56.8 Å². The van der Waals surface area contributed by atoms with E-state index < -0.39 is 224 Å². The molecule has 0 aliphatic carbocycles. The van der Waals surface area contributed by atoms with Gasteiger partial charge in [0.1, 0.15) is 146 Å². The maximum Gasteiger partial charge on any atom is 0.187 e. The van der Waals surface area contributed by atoms with Crippen LogP contribution in [0.4, 0.5) is 0 Å². The summed E-state index contributed by atoms with van der Waals surface area (Å²) in [7, 11) is 0. The highest BCUT2D eigenvalue weighted by atomic mass is 16.8. The molecular weight excluding hydrogens is 988 g/mol. The molecule has 0 radical (unpaired) electrons. The molecule has 0 unspecified atom stereocenters. The lowest BCUT2D eigenvalue weighted by molar-refractivity contribution is -0.392. The van der Waals surface area contributed by atoms with E-state index in [0.29, 0.717) is 12.8 Å². The Bertz CT molecular complexity index is 1590. The Hall–Kier alpha value is -1.24. The fourth-order valence-electron chi connectivity index (χ4n) is 8.95. The predicted octanol–water partition coefficient (Wildman–Crippen LogP) is -11.9. The van der Waals surface area contributed by atoms with E-state index in [2.05, 4.69) is 0 Å². The van der Waals surface area contributed by atoms with Crippen LogP contribution in [0, 0.1) is 0 Å². The molecule has 6 fully saturated rings. The fraction of sp³-hybridized carbons (Fsp3) is 1.00. The summed E-state index contributed by atoms with van der Waals surface area (Å²) in [6.45, 7) is -3.30. The Balaban J connectivity index is 1.24. The Morgan fingerprint density at radius 3 is 1.03 bits per heavy atom. The van der Waals surface area contributed by atoms with Crippen LogP contribution < -0.4 is 0 Å². The van der Waals surface area contributed by atoms with Gasteiger partial charge >= 0.3 is 0 Å². The van der Waals surface area contributed by atoms with Crippen molar-refractivity contribution in [3.8, 4) is 0 Å². The summed E-state index contributed by atoms with van der Waals surface area (Å²) < 4.78 is 68.5. The molecule has 0 amide bonds. The summed E-state index contributed by atoms with van der Waals surface area (Å²) in [6, 6.07) is 0. The normalized spacial score (nSPS) is 50.5. The second-order valence-electron chi connectivity index (χ2n) is 18.4. The standard InChI is InChI=1S/C41H72O31/c1-2-3-4-5-61-37-31(59)34(71-41-35(27(55)21(49)15(9-45)67-41)72-40-30(58)26(54)20(48)14(8-44)66-40)23(51)16(68-37)11-63-38-32(60)33(70-39-29(57)25(53)19(47)13(7-43)65-39)22(50)17(69-38)10-62-36-28(56)24(52)18(46)12(6-42)64-36/h12-60H,2-11H2,1H3/t12-,13-,14-,15-,16-,17-,18-,19-,20-,21-,22-,23-,24+,25+,26+,27+,28+,29+,30+,31+,32+,33+,34+,35+,36+,37+,38-,39+,40-,41+/m1/s1. The predicted molar refractivity (Wildman–Crippen MR) is 222 cm³/mol. The van der Waals surface area contributed by atoms with Gasteiger partial charge in [-0.1, -0.05) is 19.8 Å². The monoisotopic (exact) mass is 1060 g/mol. The molecule has 31 nitrogen and oxygen atoms in total. The molecule has 19 N–H and O–H groups in total. The minimum atomic E-state index is -2.12. The van der Waals surface area contributed by atoms with E-state index in [1.54, 1.807) is 0 Å². The molecule has 0 saturated carbocycles. The van der Waals surface area contributed by atoms with Crippen molar-refractivity contribution in [2.75, 3.05) is 46.2 Å². The minimum absolute atomic E-state index is 0.0261. The van der Waals surface area contributed by atoms with Crippen LogP contribution in [-0.4, -0.2) is 328 Å². The summed E-state index contributed by atoms with van der Waals surface area (Å²) >= 11 is 0. The molecule has 6 saturated heterocycles. The third-order valence-electron chi connectivity index (χ3n) is 13.4. The second-order valence-corrected chi connectivity index (χ2v) is 18.4. The van der Waals surface area contributed by atoms with Gasteiger partial charge in [-0.25, -0.2) is 0 Å². The van der Waals surface area contributed by atoms with E-state index in [9.17, 15) is 97.0 Å². The zero-order chi connectivity index (χ0) is 52.9. The molecule has 422 valence electrons. The quantitative estimate of drug-likeness (QED) is 0.0475. The summed E-state index contributed by atoms with van der Waals surface area (Å²) in [5.41, 5.74) is 0. The number of rotatable bonds is 21. The molecule has 6 aliphatic rings. The number of aliphatic hydroxyl groups excluding tert-OH is 19. The van der Waals surface area contributed by atoms with Crippen LogP contribution >= 0.6 is 0 Å². The van der Waals surface area contributed by atoms with Crippen LogP contribution in [0.15, 0.2) is 0 Å². The van der Waals surface area contributed by atoms with Gasteiger partial charge in [-0.15, -0.1) is 0 Å². The zero-order valence-corrected chi connectivity index (χ0v) is 38.8. The molecule has 6 aliphatic heterocycles. The van der Waals surface area contributed by atoms with Gasteiger partial charge in [-0.3, -0.25) is 0 Å². The van der Waals surface area contributed by atoms with Crippen molar-refractivity contribution in [3.63, 3.8) is 0 Å². The highest BCUT2D eigenvalue weighted by Gasteiger charge is 2.56. The van der Waals surface area contributed by atoms with Crippen LogP contribution in [0.5, 0.6) is 0 Å². The molecule has 72 heavy (non-hydrogen) atoms. The van der Waals surface area contributed by atoms with Gasteiger partial charge in [-0.05, 0) is 6.42 Å². The van der Waals surface area contributed by atoms with Crippen molar-refractivity contribution in [3.05, 3.63) is 0 Å². The lowest BCUT2D eigenvalue weighted by atomic mass is 9.96. The molecule has 31 heteroatoms. The van der Waals surface area contributed by atoms with Crippen LogP contribution in [0.2, 0.25) is 0 Å². The number of hydrogen-bond donors (Lipinski definition) is 19. The number of aliphatic hydroxyl groups is 19. The Kier molecular flexibility index (Phi) is 22.4. The summed E-state index contributed by atoms with van der Waals surface area (Å²) in [5.74, 6) is 0. The first-order chi connectivity index (χ1) is 34.2. The summed E-state index contributed by atoms with van der Waals surface area (Å²) in [5, 5.41) is 202. The SMILES string of the molecule is CCCCCO[C@H]1O[C@H](CO[C@@H]2O[C@H](CO[C@H]3O[C@H](CO)[C@@H](O)[C@H](O)[C@@H]3O)[C@@H](O)[C@H](O[C@@H]3O[C@H](CO)[C@@H](O)[C@H](O)[C@@H]3O)[C@@H]2O)[C@@H](O)[C@H](O[C@@H]2O[C@H](CO)[C@@H](O)[C@H](O)[C@@H]2O[C@H]2O[C@H](CO)[C@@H](O)[C@H](O)[C@@H]2O)[C@@H]1O. The molecular formula is C41H72O31. The fourth-order valence-corrected chi connectivity index (χ4v) is 8.95. The number of unbranched alkanes of at least 4 members (excludes halogenated alkanes) is 2. The molecule has 0 bridgehead atoms. The maximum absolute atomic E-state index is 11.8. The van der Waals surface area contributed by atoms with Crippen LogP contribution in [0.1, 0.15) is 26.2 Å². The molecule has 0 aromatic heterocycles. The summed E-state index contributed by atoms with van der Waals surface area (Å²) in [4.78, 5) is 0. The molecule has 6 rings (SSSR count). The number of ether oxygens (including phenoxy) is 12. The lowest BCUT2D eigenvalue weighted by Gasteiger charge is -2.49. The Morgan fingerprint density at radius 1 is 0.292 bits per heavy atom. The van der Waals surface area contributed by atoms with E-state index in [0.717, 1.165) is 6.42 Å². The summed E-state index contributed by atoms with van der Waals surface area (Å²) in [6.07, 6.45) is -54.0. The van der Waals surface area contributed by atoms with Crippen molar-refractivity contribution in [2.45, 2.75) is 210 Å². The van der Waals surface area contributed by atoms with Crippen molar-refractivity contribution in [2.24, 2.45) is 0 Å². The average Bonchev–Trinajstić information content (AvgIpc) is 3.37. The smallest absolute Gasteiger partial charge is 0.187 e. The van der Waals surface area contributed by atoms with Crippen molar-refractivity contribution < 1.29 is 154 Å². The van der Waals surface area contributed by atoms with E-state index in [1.165, 1.54) is 0 Å². The van der Waals surface area contributed by atoms with E-state index >= 15 is 0 Å².